The van der Waals surface area contributed by atoms with Crippen LogP contribution in [0.15, 0.2) is 6.33 Å². The molecule has 3 rings (SSSR count). The summed E-state index contributed by atoms with van der Waals surface area (Å²) in [6.45, 7) is 1.84. The van der Waals surface area contributed by atoms with Gasteiger partial charge in [-0.15, -0.1) is 11.3 Å². The normalized spacial score (nSPS) is 10.9. The number of aromatic nitrogens is 3. The fraction of sp³-hybridized carbons (Fsp3) is 0.0909. The molecule has 3 aromatic heterocycles. The second kappa shape index (κ2) is 3.51. The van der Waals surface area contributed by atoms with Gasteiger partial charge in [-0.2, -0.15) is 5.26 Å². The molecule has 0 unspecified atom stereocenters. The fourth-order valence-electron chi connectivity index (χ4n) is 1.96. The lowest BCUT2D eigenvalue weighted by Gasteiger charge is -2.02. The number of nitrogen functional groups attached to an aromatic ring is 2. The van der Waals surface area contributed by atoms with Crippen LogP contribution >= 0.6 is 11.3 Å². The van der Waals surface area contributed by atoms with Crippen LogP contribution in [0.3, 0.4) is 0 Å². The number of anilines is 2. The van der Waals surface area contributed by atoms with Gasteiger partial charge in [0.15, 0.2) is 0 Å². The van der Waals surface area contributed by atoms with Crippen LogP contribution in [-0.4, -0.2) is 15.0 Å². The lowest BCUT2D eigenvalue weighted by Crippen LogP contribution is -1.97. The molecule has 0 aliphatic carbocycles. The van der Waals surface area contributed by atoms with Crippen molar-refractivity contribution >= 4 is 43.4 Å². The summed E-state index contributed by atoms with van der Waals surface area (Å²) in [6, 6.07) is 2.07. The molecule has 18 heavy (non-hydrogen) atoms. The van der Waals surface area contributed by atoms with Gasteiger partial charge in [0.05, 0.1) is 15.8 Å². The van der Waals surface area contributed by atoms with Crippen LogP contribution in [0.25, 0.3) is 20.4 Å². The quantitative estimate of drug-likeness (QED) is 0.631. The second-order valence-electron chi connectivity index (χ2n) is 3.83. The number of thiophene rings is 1. The number of fused-ring (bicyclic) bond motifs is 3. The molecule has 3 aromatic rings. The first-order valence-electron chi connectivity index (χ1n) is 5.12. The van der Waals surface area contributed by atoms with Gasteiger partial charge in [-0.3, -0.25) is 0 Å². The maximum Gasteiger partial charge on any atom is 0.144 e. The maximum atomic E-state index is 9.10. The lowest BCUT2D eigenvalue weighted by atomic mass is 10.1. The number of hydrogen-bond acceptors (Lipinski definition) is 7. The van der Waals surface area contributed by atoms with Gasteiger partial charge in [-0.25, -0.2) is 15.0 Å². The number of rotatable bonds is 0. The molecule has 6 nitrogen and oxygen atoms in total. The average Bonchev–Trinajstić information content (AvgIpc) is 2.69. The largest absolute Gasteiger partial charge is 0.383 e. The number of hydrogen-bond donors (Lipinski definition) is 2. The lowest BCUT2D eigenvalue weighted by molar-refractivity contribution is 1.24. The smallest absolute Gasteiger partial charge is 0.144 e. The molecule has 0 aliphatic heterocycles. The van der Waals surface area contributed by atoms with Crippen molar-refractivity contribution in [2.24, 2.45) is 0 Å². The number of nitriles is 1. The molecule has 0 aromatic carbocycles. The third-order valence-electron chi connectivity index (χ3n) is 2.82. The van der Waals surface area contributed by atoms with Crippen LogP contribution in [0.2, 0.25) is 0 Å². The first-order valence-corrected chi connectivity index (χ1v) is 5.94. The molecular weight excluding hydrogens is 248 g/mol. The monoisotopic (exact) mass is 256 g/mol. The molecule has 0 radical (unpaired) electrons. The van der Waals surface area contributed by atoms with Gasteiger partial charge in [0.1, 0.15) is 28.9 Å². The topological polar surface area (TPSA) is 114 Å². The third kappa shape index (κ3) is 1.23. The fourth-order valence-corrected chi connectivity index (χ4v) is 3.05. The van der Waals surface area contributed by atoms with Gasteiger partial charge >= 0.3 is 0 Å². The van der Waals surface area contributed by atoms with E-state index in [2.05, 4.69) is 21.0 Å². The molecule has 0 fully saturated rings. The Kier molecular flexibility index (Phi) is 2.09. The van der Waals surface area contributed by atoms with E-state index in [1.54, 1.807) is 0 Å². The summed E-state index contributed by atoms with van der Waals surface area (Å²) in [6.07, 6.45) is 1.41. The molecule has 88 valence electrons. The molecule has 0 amide bonds. The Balaban J connectivity index is 2.62. The van der Waals surface area contributed by atoms with Crippen molar-refractivity contribution in [1.29, 1.82) is 5.26 Å². The Bertz CT molecular complexity index is 829. The van der Waals surface area contributed by atoms with Gasteiger partial charge in [0.2, 0.25) is 0 Å². The van der Waals surface area contributed by atoms with Crippen LogP contribution in [0.1, 0.15) is 11.1 Å². The van der Waals surface area contributed by atoms with Crippen LogP contribution in [0.4, 0.5) is 11.6 Å². The van der Waals surface area contributed by atoms with Crippen molar-refractivity contribution in [3.63, 3.8) is 0 Å². The Hall–Kier alpha value is -2.46. The van der Waals surface area contributed by atoms with Gasteiger partial charge < -0.3 is 11.5 Å². The minimum Gasteiger partial charge on any atom is -0.383 e. The Morgan fingerprint density at radius 1 is 1.28 bits per heavy atom. The summed E-state index contributed by atoms with van der Waals surface area (Å²) in [5.41, 5.74) is 13.5. The maximum absolute atomic E-state index is 9.10. The molecule has 0 bridgehead atoms. The highest BCUT2D eigenvalue weighted by molar-refractivity contribution is 7.26. The van der Waals surface area contributed by atoms with Crippen LogP contribution in [0, 0.1) is 18.3 Å². The second-order valence-corrected chi connectivity index (χ2v) is 4.83. The molecule has 0 spiro atoms. The van der Waals surface area contributed by atoms with Crippen molar-refractivity contribution < 1.29 is 0 Å². The summed E-state index contributed by atoms with van der Waals surface area (Å²) >= 11 is 1.39. The summed E-state index contributed by atoms with van der Waals surface area (Å²) < 4.78 is 0.776. The average molecular weight is 256 g/mol. The van der Waals surface area contributed by atoms with E-state index in [0.29, 0.717) is 11.4 Å². The van der Waals surface area contributed by atoms with E-state index in [-0.39, 0.29) is 5.82 Å². The van der Waals surface area contributed by atoms with E-state index < -0.39 is 0 Å². The predicted molar refractivity (Wildman–Crippen MR) is 71.0 cm³/mol. The van der Waals surface area contributed by atoms with Crippen molar-refractivity contribution in [2.45, 2.75) is 6.92 Å². The van der Waals surface area contributed by atoms with E-state index in [1.165, 1.54) is 17.7 Å². The van der Waals surface area contributed by atoms with E-state index in [4.69, 9.17) is 16.7 Å². The minimum absolute atomic E-state index is 0.237. The van der Waals surface area contributed by atoms with Crippen LogP contribution < -0.4 is 11.5 Å². The summed E-state index contributed by atoms with van der Waals surface area (Å²) in [5, 5.41) is 9.93. The molecule has 3 heterocycles. The molecule has 0 aliphatic rings. The van der Waals surface area contributed by atoms with E-state index in [1.807, 2.05) is 6.92 Å². The minimum atomic E-state index is 0.237. The van der Waals surface area contributed by atoms with E-state index in [0.717, 1.165) is 26.0 Å². The molecule has 0 saturated carbocycles. The number of pyridine rings is 1. The number of nitrogens with zero attached hydrogens (tertiary/aromatic N) is 4. The molecule has 0 saturated heterocycles. The molecule has 0 atom stereocenters. The number of nitrogens with two attached hydrogens (primary N) is 2. The van der Waals surface area contributed by atoms with Crippen LogP contribution in [0.5, 0.6) is 0 Å². The SMILES string of the molecule is Cc1c(C#N)c(N)nc2sc3c(N)ncnc3c12. The standard InChI is InChI=1S/C11H8N6S/c1-4-5(2-12)9(13)17-11-6(4)7-8(18-11)10(14)16-3-15-7/h3H,1H3,(H2,13,17)(H2,14,15,16). The number of aryl methyl sites for hydroxylation is 1. The zero-order valence-corrected chi connectivity index (χ0v) is 10.2. The van der Waals surface area contributed by atoms with Gasteiger partial charge in [-0.1, -0.05) is 0 Å². The molecular formula is C11H8N6S. The first-order chi connectivity index (χ1) is 8.63. The van der Waals surface area contributed by atoms with Gasteiger partial charge in [0.25, 0.3) is 0 Å². The summed E-state index contributed by atoms with van der Waals surface area (Å²) in [5.74, 6) is 0.653. The van der Waals surface area contributed by atoms with Crippen molar-refractivity contribution in [2.75, 3.05) is 11.5 Å². The van der Waals surface area contributed by atoms with E-state index in [9.17, 15) is 0 Å². The highest BCUT2D eigenvalue weighted by Crippen LogP contribution is 2.37. The van der Waals surface area contributed by atoms with E-state index >= 15 is 0 Å². The zero-order valence-electron chi connectivity index (χ0n) is 9.43. The van der Waals surface area contributed by atoms with Crippen molar-refractivity contribution in [3.05, 3.63) is 17.5 Å². The van der Waals surface area contributed by atoms with Crippen molar-refractivity contribution in [1.82, 2.24) is 15.0 Å². The third-order valence-corrected chi connectivity index (χ3v) is 3.92. The van der Waals surface area contributed by atoms with Crippen molar-refractivity contribution in [3.8, 4) is 6.07 Å². The Morgan fingerprint density at radius 2 is 2.06 bits per heavy atom. The van der Waals surface area contributed by atoms with Crippen LogP contribution in [-0.2, 0) is 0 Å². The molecule has 4 N–H and O–H groups in total. The highest BCUT2D eigenvalue weighted by Gasteiger charge is 2.17. The zero-order chi connectivity index (χ0) is 12.9. The molecule has 7 heteroatoms. The Morgan fingerprint density at radius 3 is 2.78 bits per heavy atom. The van der Waals surface area contributed by atoms with Gasteiger partial charge in [0, 0.05) is 5.39 Å². The predicted octanol–water partition coefficient (Wildman–Crippen LogP) is 1.58. The van der Waals surface area contributed by atoms with Gasteiger partial charge in [-0.05, 0) is 12.5 Å². The first kappa shape index (κ1) is 10.7. The Labute approximate surface area is 106 Å². The highest BCUT2D eigenvalue weighted by atomic mass is 32.1. The summed E-state index contributed by atoms with van der Waals surface area (Å²) in [7, 11) is 0. The summed E-state index contributed by atoms with van der Waals surface area (Å²) in [4.78, 5) is 13.1.